The number of carbonyl (C=O) groups is 1. The number of nitrogen functional groups attached to an aromatic ring is 1. The highest BCUT2D eigenvalue weighted by atomic mass is 16.5. The van der Waals surface area contributed by atoms with Gasteiger partial charge in [-0.25, -0.2) is 0 Å². The van der Waals surface area contributed by atoms with Crippen LogP contribution in [0.4, 0.5) is 5.69 Å². The van der Waals surface area contributed by atoms with Gasteiger partial charge in [0.2, 0.25) is 0 Å². The van der Waals surface area contributed by atoms with Gasteiger partial charge in [-0.1, -0.05) is 24.3 Å². The Bertz CT molecular complexity index is 633. The lowest BCUT2D eigenvalue weighted by atomic mass is 10.0. The summed E-state index contributed by atoms with van der Waals surface area (Å²) >= 11 is 0. The maximum absolute atomic E-state index is 12.6. The van der Waals surface area contributed by atoms with Crippen molar-refractivity contribution in [1.29, 1.82) is 0 Å². The number of benzene rings is 2. The topological polar surface area (TPSA) is 52.3 Å². The number of hydrogen-bond donors (Lipinski definition) is 1. The molecule has 2 aromatic carbocycles. The molecular formula is C17H19NO2. The molecule has 0 spiro atoms. The van der Waals surface area contributed by atoms with Crippen molar-refractivity contribution in [2.24, 2.45) is 0 Å². The number of rotatable bonds is 4. The quantitative estimate of drug-likeness (QED) is 0.681. The number of aryl methyl sites for hydroxylation is 1. The van der Waals surface area contributed by atoms with Crippen molar-refractivity contribution in [2.45, 2.75) is 26.9 Å². The summed E-state index contributed by atoms with van der Waals surface area (Å²) in [5.74, 6) is 0.527. The van der Waals surface area contributed by atoms with E-state index in [0.29, 0.717) is 22.6 Å². The number of carbonyl (C=O) groups excluding carboxylic acids is 1. The molecule has 0 atom stereocenters. The Morgan fingerprint density at radius 3 is 2.50 bits per heavy atom. The lowest BCUT2D eigenvalue weighted by Gasteiger charge is -2.13. The molecule has 20 heavy (non-hydrogen) atoms. The zero-order chi connectivity index (χ0) is 14.7. The van der Waals surface area contributed by atoms with Gasteiger partial charge in [0.05, 0.1) is 11.7 Å². The van der Waals surface area contributed by atoms with Crippen LogP contribution >= 0.6 is 0 Å². The van der Waals surface area contributed by atoms with Crippen LogP contribution in [0.15, 0.2) is 42.5 Å². The highest BCUT2D eigenvalue weighted by Gasteiger charge is 2.15. The van der Waals surface area contributed by atoms with Gasteiger partial charge in [0.25, 0.3) is 0 Å². The second-order valence-electron chi connectivity index (χ2n) is 5.06. The van der Waals surface area contributed by atoms with Crippen LogP contribution in [0, 0.1) is 6.92 Å². The molecule has 0 fully saturated rings. The maximum atomic E-state index is 12.6. The zero-order valence-electron chi connectivity index (χ0n) is 12.0. The predicted molar refractivity (Wildman–Crippen MR) is 81.2 cm³/mol. The van der Waals surface area contributed by atoms with Gasteiger partial charge < -0.3 is 10.5 Å². The van der Waals surface area contributed by atoms with E-state index in [1.54, 1.807) is 18.2 Å². The molecule has 0 aromatic heterocycles. The monoisotopic (exact) mass is 269 g/mol. The molecule has 2 aromatic rings. The Balaban J connectivity index is 2.40. The van der Waals surface area contributed by atoms with Crippen molar-refractivity contribution in [1.82, 2.24) is 0 Å². The van der Waals surface area contributed by atoms with E-state index < -0.39 is 0 Å². The fourth-order valence-electron chi connectivity index (χ4n) is 1.95. The third kappa shape index (κ3) is 2.99. The molecule has 0 aliphatic rings. The highest BCUT2D eigenvalue weighted by Crippen LogP contribution is 2.24. The lowest BCUT2D eigenvalue weighted by molar-refractivity contribution is 0.103. The van der Waals surface area contributed by atoms with E-state index in [1.165, 1.54) is 0 Å². The van der Waals surface area contributed by atoms with Crippen LogP contribution in [0.3, 0.4) is 0 Å². The van der Waals surface area contributed by atoms with Crippen LogP contribution < -0.4 is 10.5 Å². The molecule has 3 nitrogen and oxygen atoms in total. The van der Waals surface area contributed by atoms with Gasteiger partial charge in [0, 0.05) is 11.3 Å². The maximum Gasteiger partial charge on any atom is 0.196 e. The van der Waals surface area contributed by atoms with E-state index in [4.69, 9.17) is 10.5 Å². The first kappa shape index (κ1) is 14.1. The predicted octanol–water partition coefficient (Wildman–Crippen LogP) is 3.60. The molecule has 0 aliphatic heterocycles. The minimum Gasteiger partial charge on any atom is -0.490 e. The number of hydrogen-bond acceptors (Lipinski definition) is 3. The number of ketones is 1. The molecule has 0 heterocycles. The Hall–Kier alpha value is -2.29. The molecule has 0 bridgehead atoms. The molecule has 0 radical (unpaired) electrons. The second-order valence-corrected chi connectivity index (χ2v) is 5.06. The van der Waals surface area contributed by atoms with Crippen LogP contribution in [0.1, 0.15) is 35.3 Å². The van der Waals surface area contributed by atoms with Crippen molar-refractivity contribution in [2.75, 3.05) is 5.73 Å². The van der Waals surface area contributed by atoms with E-state index in [2.05, 4.69) is 0 Å². The van der Waals surface area contributed by atoms with Crippen LogP contribution in [-0.2, 0) is 0 Å². The summed E-state index contributed by atoms with van der Waals surface area (Å²) in [6.45, 7) is 5.79. The van der Waals surface area contributed by atoms with Crippen LogP contribution in [0.2, 0.25) is 0 Å². The molecule has 2 rings (SSSR count). The fraction of sp³-hybridized carbons (Fsp3) is 0.235. The summed E-state index contributed by atoms with van der Waals surface area (Å²) in [4.78, 5) is 12.6. The van der Waals surface area contributed by atoms with E-state index >= 15 is 0 Å². The third-order valence-corrected chi connectivity index (χ3v) is 3.04. The Kier molecular flexibility index (Phi) is 4.08. The molecule has 2 N–H and O–H groups in total. The summed E-state index contributed by atoms with van der Waals surface area (Å²) in [7, 11) is 0. The van der Waals surface area contributed by atoms with Gasteiger partial charge in [0.1, 0.15) is 5.75 Å². The number of para-hydroxylation sites is 1. The molecule has 3 heteroatoms. The van der Waals surface area contributed by atoms with Crippen molar-refractivity contribution in [3.63, 3.8) is 0 Å². The van der Waals surface area contributed by atoms with Gasteiger partial charge >= 0.3 is 0 Å². The number of nitrogens with two attached hydrogens (primary N) is 1. The molecular weight excluding hydrogens is 250 g/mol. The SMILES string of the molecule is Cc1ccc(C(=O)c2ccccc2OC(C)C)cc1N. The number of anilines is 1. The molecule has 0 saturated carbocycles. The van der Waals surface area contributed by atoms with Gasteiger partial charge in [0.15, 0.2) is 5.78 Å². The van der Waals surface area contributed by atoms with E-state index in [9.17, 15) is 4.79 Å². The molecule has 104 valence electrons. The second kappa shape index (κ2) is 5.78. The van der Waals surface area contributed by atoms with E-state index in [0.717, 1.165) is 5.56 Å². The smallest absolute Gasteiger partial charge is 0.196 e. The summed E-state index contributed by atoms with van der Waals surface area (Å²) in [5, 5.41) is 0. The average molecular weight is 269 g/mol. The Morgan fingerprint density at radius 1 is 1.15 bits per heavy atom. The zero-order valence-corrected chi connectivity index (χ0v) is 12.0. The highest BCUT2D eigenvalue weighted by molar-refractivity contribution is 6.11. The molecule has 0 amide bonds. The summed E-state index contributed by atoms with van der Waals surface area (Å²) in [5.41, 5.74) is 8.60. The minimum absolute atomic E-state index is 0.0204. The third-order valence-electron chi connectivity index (χ3n) is 3.04. The largest absolute Gasteiger partial charge is 0.490 e. The minimum atomic E-state index is -0.0760. The van der Waals surface area contributed by atoms with E-state index in [-0.39, 0.29) is 11.9 Å². The lowest BCUT2D eigenvalue weighted by Crippen LogP contribution is -2.11. The Labute approximate surface area is 119 Å². The first-order chi connectivity index (χ1) is 9.49. The summed E-state index contributed by atoms with van der Waals surface area (Å²) in [6.07, 6.45) is 0.0204. The van der Waals surface area contributed by atoms with Crippen LogP contribution in [-0.4, -0.2) is 11.9 Å². The molecule has 0 unspecified atom stereocenters. The van der Waals surface area contributed by atoms with Crippen molar-refractivity contribution in [3.8, 4) is 5.75 Å². The van der Waals surface area contributed by atoms with Crippen molar-refractivity contribution >= 4 is 11.5 Å². The van der Waals surface area contributed by atoms with Crippen LogP contribution in [0.25, 0.3) is 0 Å². The summed E-state index contributed by atoms with van der Waals surface area (Å²) in [6, 6.07) is 12.6. The van der Waals surface area contributed by atoms with Crippen molar-refractivity contribution in [3.05, 3.63) is 59.2 Å². The normalized spacial score (nSPS) is 10.6. The van der Waals surface area contributed by atoms with Crippen LogP contribution in [0.5, 0.6) is 5.75 Å². The average Bonchev–Trinajstić information content (AvgIpc) is 2.41. The van der Waals surface area contributed by atoms with Gasteiger partial charge in [-0.3, -0.25) is 4.79 Å². The first-order valence-electron chi connectivity index (χ1n) is 6.65. The Morgan fingerprint density at radius 2 is 1.85 bits per heavy atom. The fourth-order valence-corrected chi connectivity index (χ4v) is 1.95. The van der Waals surface area contributed by atoms with Gasteiger partial charge in [-0.2, -0.15) is 0 Å². The van der Waals surface area contributed by atoms with E-state index in [1.807, 2.05) is 45.0 Å². The van der Waals surface area contributed by atoms with Gasteiger partial charge in [-0.05, 0) is 44.5 Å². The number of ether oxygens (including phenoxy) is 1. The standard InChI is InChI=1S/C17H19NO2/c1-11(2)20-16-7-5-4-6-14(16)17(19)13-9-8-12(3)15(18)10-13/h4-11H,18H2,1-3H3. The first-order valence-corrected chi connectivity index (χ1v) is 6.65. The molecule has 0 saturated heterocycles. The molecule has 0 aliphatic carbocycles. The van der Waals surface area contributed by atoms with Crippen molar-refractivity contribution < 1.29 is 9.53 Å². The van der Waals surface area contributed by atoms with Gasteiger partial charge in [-0.15, -0.1) is 0 Å². The summed E-state index contributed by atoms with van der Waals surface area (Å²) < 4.78 is 5.69.